The maximum absolute atomic E-state index is 14.2. The summed E-state index contributed by atoms with van der Waals surface area (Å²) in [6, 6.07) is 6.78. The van der Waals surface area contributed by atoms with Crippen molar-refractivity contribution in [2.24, 2.45) is 0 Å². The van der Waals surface area contributed by atoms with Gasteiger partial charge in [-0.1, -0.05) is 24.6 Å². The van der Waals surface area contributed by atoms with Gasteiger partial charge in [0, 0.05) is 15.5 Å². The lowest BCUT2D eigenvalue weighted by molar-refractivity contribution is 0.546. The molecule has 108 valence electrons. The number of benzene rings is 1. The molecule has 1 atom stereocenters. The lowest BCUT2D eigenvalue weighted by Crippen LogP contribution is -2.24. The third-order valence-electron chi connectivity index (χ3n) is 3.11. The van der Waals surface area contributed by atoms with E-state index < -0.39 is 0 Å². The molecule has 1 heterocycles. The van der Waals surface area contributed by atoms with Crippen molar-refractivity contribution in [1.29, 1.82) is 0 Å². The Kier molecular flexibility index (Phi) is 5.61. The Labute approximate surface area is 136 Å². The van der Waals surface area contributed by atoms with Gasteiger partial charge in [0.15, 0.2) is 0 Å². The molecule has 0 saturated carbocycles. The molecule has 0 amide bonds. The van der Waals surface area contributed by atoms with E-state index in [0.29, 0.717) is 10.6 Å². The second-order valence-electron chi connectivity index (χ2n) is 4.62. The summed E-state index contributed by atoms with van der Waals surface area (Å²) in [4.78, 5) is 1.18. The molecule has 0 fully saturated rings. The van der Waals surface area contributed by atoms with Crippen molar-refractivity contribution in [3.05, 3.63) is 54.9 Å². The number of hydrogen-bond acceptors (Lipinski definition) is 2. The molecule has 1 nitrogen and oxygen atoms in total. The summed E-state index contributed by atoms with van der Waals surface area (Å²) < 4.78 is 15.3. The predicted molar refractivity (Wildman–Crippen MR) is 88.3 cm³/mol. The quantitative estimate of drug-likeness (QED) is 0.705. The summed E-state index contributed by atoms with van der Waals surface area (Å²) >= 11 is 11.0. The lowest BCUT2D eigenvalue weighted by atomic mass is 9.98. The van der Waals surface area contributed by atoms with Crippen LogP contribution in [0.4, 0.5) is 4.39 Å². The molecular formula is C15H16BrClFNS. The highest BCUT2D eigenvalue weighted by Gasteiger charge is 2.21. The summed E-state index contributed by atoms with van der Waals surface area (Å²) in [6.07, 6.45) is 0.996. The fourth-order valence-corrected chi connectivity index (χ4v) is 4.06. The van der Waals surface area contributed by atoms with Gasteiger partial charge in [0.25, 0.3) is 0 Å². The van der Waals surface area contributed by atoms with Gasteiger partial charge in [-0.15, -0.1) is 11.3 Å². The van der Waals surface area contributed by atoms with E-state index in [1.165, 1.54) is 10.9 Å². The summed E-state index contributed by atoms with van der Waals surface area (Å²) in [5.41, 5.74) is 1.74. The number of aryl methyl sites for hydroxylation is 1. The zero-order chi connectivity index (χ0) is 14.7. The number of halogens is 3. The smallest absolute Gasteiger partial charge is 0.129 e. The van der Waals surface area contributed by atoms with Gasteiger partial charge in [-0.2, -0.15) is 0 Å². The average molecular weight is 377 g/mol. The van der Waals surface area contributed by atoms with Crippen molar-refractivity contribution in [2.75, 3.05) is 6.54 Å². The molecule has 1 N–H and O–H groups in total. The van der Waals surface area contributed by atoms with Crippen LogP contribution in [0.15, 0.2) is 28.1 Å². The molecule has 20 heavy (non-hydrogen) atoms. The number of nitrogens with one attached hydrogen (secondary N) is 1. The molecule has 2 aromatic rings. The Morgan fingerprint density at radius 2 is 2.10 bits per heavy atom. The van der Waals surface area contributed by atoms with Gasteiger partial charge in [0.2, 0.25) is 0 Å². The zero-order valence-corrected chi connectivity index (χ0v) is 14.5. The zero-order valence-electron chi connectivity index (χ0n) is 11.3. The van der Waals surface area contributed by atoms with Crippen LogP contribution >= 0.6 is 38.9 Å². The molecule has 2 rings (SSSR count). The van der Waals surface area contributed by atoms with Crippen molar-refractivity contribution in [1.82, 2.24) is 5.32 Å². The molecule has 1 unspecified atom stereocenters. The molecule has 0 aliphatic heterocycles. The van der Waals surface area contributed by atoms with Crippen molar-refractivity contribution in [3.63, 3.8) is 0 Å². The van der Waals surface area contributed by atoms with E-state index >= 15 is 0 Å². The molecule has 0 spiro atoms. The van der Waals surface area contributed by atoms with E-state index in [9.17, 15) is 4.39 Å². The largest absolute Gasteiger partial charge is 0.306 e. The maximum Gasteiger partial charge on any atom is 0.129 e. The molecule has 0 aliphatic rings. The van der Waals surface area contributed by atoms with Crippen LogP contribution in [0.5, 0.6) is 0 Å². The van der Waals surface area contributed by atoms with Crippen LogP contribution in [0.25, 0.3) is 0 Å². The van der Waals surface area contributed by atoms with Crippen LogP contribution in [0.1, 0.15) is 35.4 Å². The first-order valence-electron chi connectivity index (χ1n) is 6.47. The molecular weight excluding hydrogens is 361 g/mol. The molecule has 1 aromatic carbocycles. The maximum atomic E-state index is 14.2. The van der Waals surface area contributed by atoms with Crippen molar-refractivity contribution >= 4 is 38.9 Å². The molecule has 1 aromatic heterocycles. The van der Waals surface area contributed by atoms with Gasteiger partial charge in [0.1, 0.15) is 5.82 Å². The first-order chi connectivity index (χ1) is 9.52. The molecule has 0 bridgehead atoms. The summed E-state index contributed by atoms with van der Waals surface area (Å²) in [7, 11) is 0. The van der Waals surface area contributed by atoms with E-state index in [1.807, 2.05) is 0 Å². The van der Waals surface area contributed by atoms with E-state index in [-0.39, 0.29) is 11.9 Å². The Bertz CT molecular complexity index is 600. The molecule has 5 heteroatoms. The van der Waals surface area contributed by atoms with E-state index in [2.05, 4.69) is 41.2 Å². The highest BCUT2D eigenvalue weighted by Crippen LogP contribution is 2.35. The lowest BCUT2D eigenvalue weighted by Gasteiger charge is -2.20. The van der Waals surface area contributed by atoms with Gasteiger partial charge < -0.3 is 5.32 Å². The topological polar surface area (TPSA) is 12.0 Å². The first-order valence-corrected chi connectivity index (χ1v) is 8.45. The van der Waals surface area contributed by atoms with E-state index in [1.54, 1.807) is 23.5 Å². The first kappa shape index (κ1) is 16.0. The number of hydrogen-bond donors (Lipinski definition) is 1. The van der Waals surface area contributed by atoms with Gasteiger partial charge in [-0.25, -0.2) is 4.39 Å². The fraction of sp³-hybridized carbons (Fsp3) is 0.333. The Morgan fingerprint density at radius 1 is 1.35 bits per heavy atom. The monoisotopic (exact) mass is 375 g/mol. The second kappa shape index (κ2) is 7.03. The second-order valence-corrected chi connectivity index (χ2v) is 7.69. The van der Waals surface area contributed by atoms with Gasteiger partial charge in [0.05, 0.1) is 9.83 Å². The third kappa shape index (κ3) is 3.61. The van der Waals surface area contributed by atoms with Crippen molar-refractivity contribution in [3.8, 4) is 0 Å². The normalized spacial score (nSPS) is 12.7. The minimum absolute atomic E-state index is 0.144. The number of thiophene rings is 1. The summed E-state index contributed by atoms with van der Waals surface area (Å²) in [5, 5.41) is 3.84. The highest BCUT2D eigenvalue weighted by atomic mass is 79.9. The SMILES string of the molecule is CCCNC(c1ccc(Cl)cc1F)c1cc(Br)sc1C. The highest BCUT2D eigenvalue weighted by molar-refractivity contribution is 9.11. The van der Waals surface area contributed by atoms with Crippen molar-refractivity contribution in [2.45, 2.75) is 26.3 Å². The standard InChI is InChI=1S/C15H16BrClFNS/c1-3-6-19-15(12-8-14(16)20-9(12)2)11-5-4-10(17)7-13(11)18/h4-5,7-8,15,19H,3,6H2,1-2H3. The Balaban J connectivity index is 2.44. The van der Waals surface area contributed by atoms with Crippen LogP contribution in [-0.2, 0) is 0 Å². The Hall–Kier alpha value is -0.420. The van der Waals surface area contributed by atoms with Gasteiger partial charge in [-0.3, -0.25) is 0 Å². The number of rotatable bonds is 5. The Morgan fingerprint density at radius 3 is 2.65 bits per heavy atom. The van der Waals surface area contributed by atoms with E-state index in [0.717, 1.165) is 22.3 Å². The van der Waals surface area contributed by atoms with Crippen LogP contribution < -0.4 is 5.32 Å². The fourth-order valence-electron chi connectivity index (χ4n) is 2.16. The van der Waals surface area contributed by atoms with E-state index in [4.69, 9.17) is 11.6 Å². The minimum Gasteiger partial charge on any atom is -0.306 e. The summed E-state index contributed by atoms with van der Waals surface area (Å²) in [6.45, 7) is 4.98. The van der Waals surface area contributed by atoms with Gasteiger partial charge in [-0.05, 0) is 59.6 Å². The molecule has 0 saturated heterocycles. The van der Waals surface area contributed by atoms with Crippen molar-refractivity contribution < 1.29 is 4.39 Å². The molecule has 0 aliphatic carbocycles. The minimum atomic E-state index is -0.271. The average Bonchev–Trinajstić information content (AvgIpc) is 2.71. The summed E-state index contributed by atoms with van der Waals surface area (Å²) in [5.74, 6) is -0.271. The van der Waals surface area contributed by atoms with Crippen LogP contribution in [-0.4, -0.2) is 6.54 Å². The van der Waals surface area contributed by atoms with Crippen LogP contribution in [0.2, 0.25) is 5.02 Å². The van der Waals surface area contributed by atoms with Crippen LogP contribution in [0, 0.1) is 12.7 Å². The third-order valence-corrected chi connectivity index (χ3v) is 4.91. The predicted octanol–water partition coefficient (Wildman–Crippen LogP) is 5.70. The molecule has 0 radical (unpaired) electrons. The van der Waals surface area contributed by atoms with Crippen LogP contribution in [0.3, 0.4) is 0 Å². The van der Waals surface area contributed by atoms with Gasteiger partial charge >= 0.3 is 0 Å².